The summed E-state index contributed by atoms with van der Waals surface area (Å²) in [5.74, 6) is -0.499. The molecule has 120 valence electrons. The average Bonchev–Trinajstić information content (AvgIpc) is 3.06. The van der Waals surface area contributed by atoms with Crippen LogP contribution in [0.4, 0.5) is 8.78 Å². The summed E-state index contributed by atoms with van der Waals surface area (Å²) in [6.45, 7) is 4.00. The van der Waals surface area contributed by atoms with Crippen LogP contribution in [0, 0.1) is 13.8 Å². The third-order valence-corrected chi connectivity index (χ3v) is 3.65. The Balaban J connectivity index is 2.22. The monoisotopic (exact) mass is 311 g/mol. The summed E-state index contributed by atoms with van der Waals surface area (Å²) in [7, 11) is 1.58. The van der Waals surface area contributed by atoms with Crippen LogP contribution in [0.3, 0.4) is 0 Å². The van der Waals surface area contributed by atoms with E-state index in [1.165, 1.54) is 17.2 Å². The van der Waals surface area contributed by atoms with Crippen LogP contribution in [0.5, 0.6) is 0 Å². The first kappa shape index (κ1) is 16.1. The summed E-state index contributed by atoms with van der Waals surface area (Å²) in [5.41, 5.74) is 2.61. The molecule has 0 N–H and O–H groups in total. The Morgan fingerprint density at radius 3 is 2.64 bits per heavy atom. The van der Waals surface area contributed by atoms with Gasteiger partial charge in [0.05, 0.1) is 5.69 Å². The zero-order valence-electron chi connectivity index (χ0n) is 13.0. The SMILES string of the molecule is CCn1nc(C)c(CN(C)C(=O)c2ccnn2C(F)F)c1C. The zero-order valence-corrected chi connectivity index (χ0v) is 13.0. The Kier molecular flexibility index (Phi) is 4.58. The van der Waals surface area contributed by atoms with Crippen molar-refractivity contribution in [2.75, 3.05) is 7.05 Å². The lowest BCUT2D eigenvalue weighted by Crippen LogP contribution is -2.29. The molecule has 0 atom stereocenters. The van der Waals surface area contributed by atoms with Crippen molar-refractivity contribution in [3.05, 3.63) is 34.9 Å². The summed E-state index contributed by atoms with van der Waals surface area (Å²) < 4.78 is 27.9. The molecule has 2 rings (SSSR count). The van der Waals surface area contributed by atoms with Crippen molar-refractivity contribution >= 4 is 5.91 Å². The number of aryl methyl sites for hydroxylation is 2. The molecule has 1 amide bonds. The van der Waals surface area contributed by atoms with Crippen molar-refractivity contribution in [3.8, 4) is 0 Å². The van der Waals surface area contributed by atoms with E-state index in [4.69, 9.17) is 0 Å². The highest BCUT2D eigenvalue weighted by atomic mass is 19.3. The molecule has 0 saturated carbocycles. The van der Waals surface area contributed by atoms with Crippen LogP contribution in [-0.4, -0.2) is 37.4 Å². The molecule has 0 aromatic carbocycles. The van der Waals surface area contributed by atoms with Gasteiger partial charge >= 0.3 is 6.55 Å². The largest absolute Gasteiger partial charge is 0.336 e. The summed E-state index contributed by atoms with van der Waals surface area (Å²) in [4.78, 5) is 13.7. The second-order valence-electron chi connectivity index (χ2n) is 5.07. The Labute approximate surface area is 127 Å². The Morgan fingerprint density at radius 1 is 1.41 bits per heavy atom. The molecule has 0 spiro atoms. The molecule has 0 bridgehead atoms. The van der Waals surface area contributed by atoms with E-state index in [-0.39, 0.29) is 5.69 Å². The van der Waals surface area contributed by atoms with E-state index in [1.807, 2.05) is 25.5 Å². The number of carbonyl (C=O) groups excluding carboxylic acids is 1. The molecule has 2 aromatic rings. The van der Waals surface area contributed by atoms with Gasteiger partial charge in [0.15, 0.2) is 0 Å². The minimum Gasteiger partial charge on any atom is -0.336 e. The number of aromatic nitrogens is 4. The van der Waals surface area contributed by atoms with Crippen molar-refractivity contribution in [1.82, 2.24) is 24.5 Å². The van der Waals surface area contributed by atoms with Crippen molar-refractivity contribution < 1.29 is 13.6 Å². The van der Waals surface area contributed by atoms with E-state index in [9.17, 15) is 13.6 Å². The fraction of sp³-hybridized carbons (Fsp3) is 0.500. The number of nitrogens with zero attached hydrogens (tertiary/aromatic N) is 5. The summed E-state index contributed by atoms with van der Waals surface area (Å²) in [6.07, 6.45) is 1.19. The van der Waals surface area contributed by atoms with Crippen molar-refractivity contribution in [1.29, 1.82) is 0 Å². The molecular weight excluding hydrogens is 292 g/mol. The van der Waals surface area contributed by atoms with Gasteiger partial charge < -0.3 is 4.90 Å². The molecule has 0 aliphatic heterocycles. The third-order valence-electron chi connectivity index (χ3n) is 3.65. The molecule has 0 unspecified atom stereocenters. The fourth-order valence-corrected chi connectivity index (χ4v) is 2.41. The lowest BCUT2D eigenvalue weighted by atomic mass is 10.2. The van der Waals surface area contributed by atoms with Crippen LogP contribution in [0.15, 0.2) is 12.3 Å². The molecular formula is C14H19F2N5O. The van der Waals surface area contributed by atoms with Crippen LogP contribution < -0.4 is 0 Å². The molecule has 2 aromatic heterocycles. The summed E-state index contributed by atoms with van der Waals surface area (Å²) in [5, 5.41) is 7.87. The molecule has 0 aliphatic rings. The first-order chi connectivity index (χ1) is 10.4. The predicted octanol–water partition coefficient (Wildman–Crippen LogP) is 2.38. The van der Waals surface area contributed by atoms with Crippen LogP contribution in [0.2, 0.25) is 0 Å². The Morgan fingerprint density at radius 2 is 2.09 bits per heavy atom. The van der Waals surface area contributed by atoms with Crippen LogP contribution in [0.1, 0.15) is 40.9 Å². The molecule has 0 saturated heterocycles. The van der Waals surface area contributed by atoms with E-state index in [0.717, 1.165) is 23.5 Å². The van der Waals surface area contributed by atoms with Crippen molar-refractivity contribution in [2.45, 2.75) is 40.4 Å². The molecule has 0 radical (unpaired) electrons. The zero-order chi connectivity index (χ0) is 16.4. The van der Waals surface area contributed by atoms with Gasteiger partial charge in [-0.05, 0) is 26.8 Å². The van der Waals surface area contributed by atoms with E-state index in [0.29, 0.717) is 11.2 Å². The predicted molar refractivity (Wildman–Crippen MR) is 76.7 cm³/mol. The molecule has 0 fully saturated rings. The number of halogens is 2. The van der Waals surface area contributed by atoms with Gasteiger partial charge in [0.2, 0.25) is 0 Å². The van der Waals surface area contributed by atoms with Gasteiger partial charge in [0.25, 0.3) is 5.91 Å². The molecule has 0 aliphatic carbocycles. The summed E-state index contributed by atoms with van der Waals surface area (Å²) in [6, 6.07) is 1.29. The lowest BCUT2D eigenvalue weighted by Gasteiger charge is -2.18. The second kappa shape index (κ2) is 6.25. The number of alkyl halides is 2. The highest BCUT2D eigenvalue weighted by molar-refractivity contribution is 5.92. The standard InChI is InChI=1S/C14H19F2N5O/c1-5-20-10(3)11(9(2)18-20)8-19(4)13(22)12-6-7-17-21(12)14(15)16/h6-7,14H,5,8H2,1-4H3. The number of carbonyl (C=O) groups is 1. The van der Waals surface area contributed by atoms with Crippen LogP contribution >= 0.6 is 0 Å². The van der Waals surface area contributed by atoms with E-state index < -0.39 is 12.5 Å². The van der Waals surface area contributed by atoms with E-state index >= 15 is 0 Å². The van der Waals surface area contributed by atoms with Gasteiger partial charge in [0, 0.05) is 37.6 Å². The average molecular weight is 311 g/mol. The number of hydrogen-bond donors (Lipinski definition) is 0. The van der Waals surface area contributed by atoms with E-state index in [1.54, 1.807) is 7.05 Å². The third kappa shape index (κ3) is 2.86. The second-order valence-corrected chi connectivity index (χ2v) is 5.07. The normalized spacial score (nSPS) is 11.2. The minimum atomic E-state index is -2.84. The summed E-state index contributed by atoms with van der Waals surface area (Å²) >= 11 is 0. The molecule has 22 heavy (non-hydrogen) atoms. The van der Waals surface area contributed by atoms with Gasteiger partial charge in [-0.2, -0.15) is 23.7 Å². The topological polar surface area (TPSA) is 56.0 Å². The minimum absolute atomic E-state index is 0.129. The fourth-order valence-electron chi connectivity index (χ4n) is 2.41. The van der Waals surface area contributed by atoms with Gasteiger partial charge in [-0.3, -0.25) is 9.48 Å². The maximum atomic E-state index is 12.8. The number of amides is 1. The first-order valence-electron chi connectivity index (χ1n) is 6.96. The van der Waals surface area contributed by atoms with Crippen molar-refractivity contribution in [3.63, 3.8) is 0 Å². The maximum absolute atomic E-state index is 12.8. The van der Waals surface area contributed by atoms with Gasteiger partial charge in [-0.1, -0.05) is 0 Å². The maximum Gasteiger partial charge on any atom is 0.333 e. The quantitative estimate of drug-likeness (QED) is 0.852. The highest BCUT2D eigenvalue weighted by Crippen LogP contribution is 2.18. The molecule has 6 nitrogen and oxygen atoms in total. The molecule has 2 heterocycles. The van der Waals surface area contributed by atoms with Gasteiger partial charge in [-0.15, -0.1) is 0 Å². The van der Waals surface area contributed by atoms with Gasteiger partial charge in [-0.25, -0.2) is 0 Å². The van der Waals surface area contributed by atoms with Crippen LogP contribution in [-0.2, 0) is 13.1 Å². The Hall–Kier alpha value is -2.25. The molecule has 8 heteroatoms. The van der Waals surface area contributed by atoms with Crippen molar-refractivity contribution in [2.24, 2.45) is 0 Å². The van der Waals surface area contributed by atoms with Crippen LogP contribution in [0.25, 0.3) is 0 Å². The number of hydrogen-bond acceptors (Lipinski definition) is 3. The Bertz CT molecular complexity index is 677. The first-order valence-corrected chi connectivity index (χ1v) is 6.96. The smallest absolute Gasteiger partial charge is 0.333 e. The lowest BCUT2D eigenvalue weighted by molar-refractivity contribution is 0.0472. The highest BCUT2D eigenvalue weighted by Gasteiger charge is 2.22. The van der Waals surface area contributed by atoms with Gasteiger partial charge in [0.1, 0.15) is 5.69 Å². The van der Waals surface area contributed by atoms with E-state index in [2.05, 4.69) is 10.2 Å². The number of rotatable bonds is 5.